The molecule has 0 amide bonds. The molecule has 2 rings (SSSR count). The maximum absolute atomic E-state index is 5.76. The number of hydrogen-bond donors (Lipinski definition) is 2. The molecule has 1 heterocycles. The van der Waals surface area contributed by atoms with Crippen molar-refractivity contribution in [3.63, 3.8) is 0 Å². The van der Waals surface area contributed by atoms with E-state index in [4.69, 9.17) is 10.5 Å². The van der Waals surface area contributed by atoms with Crippen molar-refractivity contribution >= 4 is 0 Å². The molecule has 16 heavy (non-hydrogen) atoms. The van der Waals surface area contributed by atoms with Gasteiger partial charge in [0.1, 0.15) is 11.6 Å². The van der Waals surface area contributed by atoms with Crippen LogP contribution in [0, 0.1) is 0 Å². The molecule has 1 aromatic heterocycles. The zero-order valence-corrected chi connectivity index (χ0v) is 9.40. The van der Waals surface area contributed by atoms with Crippen molar-refractivity contribution in [2.24, 2.45) is 5.73 Å². The smallest absolute Gasteiger partial charge is 0.137 e. The Morgan fingerprint density at radius 2 is 2.00 bits per heavy atom. The Morgan fingerprint density at radius 1 is 1.31 bits per heavy atom. The van der Waals surface area contributed by atoms with Gasteiger partial charge in [-0.2, -0.15) is 0 Å². The van der Waals surface area contributed by atoms with Gasteiger partial charge in [-0.1, -0.05) is 0 Å². The summed E-state index contributed by atoms with van der Waals surface area (Å²) in [7, 11) is 1.65. The number of imidazole rings is 1. The van der Waals surface area contributed by atoms with Crippen molar-refractivity contribution in [3.05, 3.63) is 36.2 Å². The van der Waals surface area contributed by atoms with Gasteiger partial charge in [0.2, 0.25) is 0 Å². The predicted molar refractivity (Wildman–Crippen MR) is 63.2 cm³/mol. The van der Waals surface area contributed by atoms with Gasteiger partial charge >= 0.3 is 0 Å². The molecule has 4 nitrogen and oxygen atoms in total. The number of benzene rings is 1. The Kier molecular flexibility index (Phi) is 2.92. The van der Waals surface area contributed by atoms with E-state index in [0.29, 0.717) is 0 Å². The summed E-state index contributed by atoms with van der Waals surface area (Å²) >= 11 is 0. The fourth-order valence-corrected chi connectivity index (χ4v) is 1.46. The highest BCUT2D eigenvalue weighted by Gasteiger charge is 2.06. The van der Waals surface area contributed by atoms with E-state index < -0.39 is 0 Å². The summed E-state index contributed by atoms with van der Waals surface area (Å²) in [5.74, 6) is 1.66. The Bertz CT molecular complexity index is 459. The number of nitrogens with two attached hydrogens (primary N) is 1. The van der Waals surface area contributed by atoms with E-state index in [-0.39, 0.29) is 6.04 Å². The first-order valence-electron chi connectivity index (χ1n) is 5.15. The third kappa shape index (κ3) is 2.06. The molecule has 1 aromatic carbocycles. The minimum absolute atomic E-state index is 0.0282. The van der Waals surface area contributed by atoms with Crippen LogP contribution in [-0.2, 0) is 0 Å². The van der Waals surface area contributed by atoms with Crippen LogP contribution in [0.1, 0.15) is 18.7 Å². The first-order valence-corrected chi connectivity index (χ1v) is 5.15. The summed E-state index contributed by atoms with van der Waals surface area (Å²) in [6.07, 6.45) is 1.77. The molecule has 0 aliphatic heterocycles. The molecule has 0 aliphatic rings. The van der Waals surface area contributed by atoms with Crippen LogP contribution in [0.3, 0.4) is 0 Å². The number of ether oxygens (including phenoxy) is 1. The molecule has 1 atom stereocenters. The van der Waals surface area contributed by atoms with Gasteiger partial charge in [-0.05, 0) is 31.2 Å². The third-order valence-corrected chi connectivity index (χ3v) is 2.45. The third-order valence-electron chi connectivity index (χ3n) is 2.45. The lowest BCUT2D eigenvalue weighted by Gasteiger charge is -2.01. The van der Waals surface area contributed by atoms with E-state index in [9.17, 15) is 0 Å². The molecule has 1 unspecified atom stereocenters. The number of hydrogen-bond acceptors (Lipinski definition) is 3. The zero-order chi connectivity index (χ0) is 11.5. The number of nitrogens with zero attached hydrogens (tertiary/aromatic N) is 1. The summed E-state index contributed by atoms with van der Waals surface area (Å²) < 4.78 is 5.10. The van der Waals surface area contributed by atoms with E-state index in [1.807, 2.05) is 31.2 Å². The van der Waals surface area contributed by atoms with Crippen LogP contribution in [0.4, 0.5) is 0 Å². The molecular formula is C12H15N3O. The van der Waals surface area contributed by atoms with E-state index in [2.05, 4.69) is 9.97 Å². The maximum atomic E-state index is 5.76. The number of methoxy groups -OCH3 is 1. The van der Waals surface area contributed by atoms with Gasteiger partial charge in [0, 0.05) is 11.6 Å². The highest BCUT2D eigenvalue weighted by molar-refractivity contribution is 5.56. The predicted octanol–water partition coefficient (Wildman–Crippen LogP) is 2.10. The van der Waals surface area contributed by atoms with Crippen molar-refractivity contribution in [1.29, 1.82) is 0 Å². The molecule has 0 saturated heterocycles. The topological polar surface area (TPSA) is 63.9 Å². The van der Waals surface area contributed by atoms with Crippen LogP contribution in [-0.4, -0.2) is 17.1 Å². The van der Waals surface area contributed by atoms with Crippen molar-refractivity contribution < 1.29 is 4.74 Å². The van der Waals surface area contributed by atoms with Crippen LogP contribution < -0.4 is 10.5 Å². The molecule has 0 aliphatic carbocycles. The number of nitrogens with one attached hydrogen (secondary N) is 1. The minimum Gasteiger partial charge on any atom is -0.497 e. The Morgan fingerprint density at radius 3 is 2.50 bits per heavy atom. The molecular weight excluding hydrogens is 202 g/mol. The van der Waals surface area contributed by atoms with Crippen LogP contribution in [0.5, 0.6) is 5.75 Å². The van der Waals surface area contributed by atoms with Crippen LogP contribution in [0.2, 0.25) is 0 Å². The van der Waals surface area contributed by atoms with Crippen molar-refractivity contribution in [3.8, 4) is 17.1 Å². The first kappa shape index (κ1) is 10.7. The van der Waals surface area contributed by atoms with Gasteiger partial charge < -0.3 is 15.5 Å². The SMILES string of the molecule is COc1ccc(-c2ncc(C(C)N)[nH]2)cc1. The van der Waals surface area contributed by atoms with Gasteiger partial charge in [-0.15, -0.1) is 0 Å². The average molecular weight is 217 g/mol. The molecule has 3 N–H and O–H groups in total. The second-order valence-electron chi connectivity index (χ2n) is 3.70. The Balaban J connectivity index is 2.28. The fraction of sp³-hybridized carbons (Fsp3) is 0.250. The van der Waals surface area contributed by atoms with Gasteiger partial charge in [-0.25, -0.2) is 4.98 Å². The van der Waals surface area contributed by atoms with E-state index in [1.54, 1.807) is 13.3 Å². The molecule has 2 aromatic rings. The maximum Gasteiger partial charge on any atom is 0.137 e. The molecule has 0 fully saturated rings. The number of aromatic amines is 1. The lowest BCUT2D eigenvalue weighted by molar-refractivity contribution is 0.415. The van der Waals surface area contributed by atoms with Gasteiger partial charge in [0.05, 0.1) is 19.0 Å². The summed E-state index contributed by atoms with van der Waals surface area (Å²) in [5, 5.41) is 0. The highest BCUT2D eigenvalue weighted by Crippen LogP contribution is 2.20. The van der Waals surface area contributed by atoms with Crippen LogP contribution >= 0.6 is 0 Å². The lowest BCUT2D eigenvalue weighted by atomic mass is 10.2. The van der Waals surface area contributed by atoms with E-state index in [0.717, 1.165) is 22.8 Å². The van der Waals surface area contributed by atoms with Crippen molar-refractivity contribution in [1.82, 2.24) is 9.97 Å². The molecule has 4 heteroatoms. The summed E-state index contributed by atoms with van der Waals surface area (Å²) in [6, 6.07) is 7.71. The molecule has 84 valence electrons. The van der Waals surface area contributed by atoms with Gasteiger partial charge in [0.25, 0.3) is 0 Å². The number of H-pyrrole nitrogens is 1. The second-order valence-corrected chi connectivity index (χ2v) is 3.70. The first-order chi connectivity index (χ1) is 7.70. The Hall–Kier alpha value is -1.81. The highest BCUT2D eigenvalue weighted by atomic mass is 16.5. The largest absolute Gasteiger partial charge is 0.497 e. The quantitative estimate of drug-likeness (QED) is 0.827. The molecule has 0 bridgehead atoms. The lowest BCUT2D eigenvalue weighted by Crippen LogP contribution is -2.04. The number of rotatable bonds is 3. The summed E-state index contributed by atoms with van der Waals surface area (Å²) in [5.41, 5.74) is 7.72. The fourth-order valence-electron chi connectivity index (χ4n) is 1.46. The van der Waals surface area contributed by atoms with E-state index in [1.165, 1.54) is 0 Å². The number of aromatic nitrogens is 2. The monoisotopic (exact) mass is 217 g/mol. The molecule has 0 spiro atoms. The van der Waals surface area contributed by atoms with Crippen LogP contribution in [0.25, 0.3) is 11.4 Å². The second kappa shape index (κ2) is 4.37. The molecule has 0 radical (unpaired) electrons. The zero-order valence-electron chi connectivity index (χ0n) is 9.40. The summed E-state index contributed by atoms with van der Waals surface area (Å²) in [6.45, 7) is 1.92. The average Bonchev–Trinajstić information content (AvgIpc) is 2.78. The van der Waals surface area contributed by atoms with Crippen molar-refractivity contribution in [2.45, 2.75) is 13.0 Å². The normalized spacial score (nSPS) is 12.4. The summed E-state index contributed by atoms with van der Waals surface area (Å²) in [4.78, 5) is 7.48. The standard InChI is InChI=1S/C12H15N3O/c1-8(13)11-7-14-12(15-11)9-3-5-10(16-2)6-4-9/h3-8H,13H2,1-2H3,(H,14,15). The van der Waals surface area contributed by atoms with Crippen molar-refractivity contribution in [2.75, 3.05) is 7.11 Å². The minimum atomic E-state index is -0.0282. The molecule has 0 saturated carbocycles. The van der Waals surface area contributed by atoms with E-state index >= 15 is 0 Å². The van der Waals surface area contributed by atoms with Gasteiger partial charge in [-0.3, -0.25) is 0 Å². The van der Waals surface area contributed by atoms with Crippen LogP contribution in [0.15, 0.2) is 30.5 Å². The van der Waals surface area contributed by atoms with Gasteiger partial charge in [0.15, 0.2) is 0 Å². The Labute approximate surface area is 94.5 Å².